The van der Waals surface area contributed by atoms with Gasteiger partial charge in [0.05, 0.1) is 18.7 Å². The molecule has 7 heteroatoms. The number of benzene rings is 1. The van der Waals surface area contributed by atoms with Crippen molar-refractivity contribution in [2.45, 2.75) is 29.8 Å². The molecule has 0 radical (unpaired) electrons. The van der Waals surface area contributed by atoms with Gasteiger partial charge in [-0.15, -0.1) is 10.2 Å². The Labute approximate surface area is 136 Å². The van der Waals surface area contributed by atoms with Crippen LogP contribution in [0.2, 0.25) is 0 Å². The SMILES string of the molecule is COc1ccc(CSc2nncn2C2CC2)c(Br)c1OC. The molecule has 0 amide bonds. The lowest BCUT2D eigenvalue weighted by atomic mass is 10.2. The number of rotatable bonds is 6. The minimum absolute atomic E-state index is 0.594. The van der Waals surface area contributed by atoms with Gasteiger partial charge in [-0.1, -0.05) is 17.8 Å². The van der Waals surface area contributed by atoms with Gasteiger partial charge in [0.25, 0.3) is 0 Å². The van der Waals surface area contributed by atoms with Crippen molar-refractivity contribution in [1.29, 1.82) is 0 Å². The van der Waals surface area contributed by atoms with E-state index in [1.165, 1.54) is 12.8 Å². The maximum Gasteiger partial charge on any atom is 0.191 e. The summed E-state index contributed by atoms with van der Waals surface area (Å²) in [7, 11) is 3.28. The number of thioether (sulfide) groups is 1. The first-order valence-electron chi connectivity index (χ1n) is 6.66. The minimum atomic E-state index is 0.594. The van der Waals surface area contributed by atoms with Crippen molar-refractivity contribution < 1.29 is 9.47 Å². The highest BCUT2D eigenvalue weighted by Crippen LogP contribution is 2.41. The number of hydrogen-bond donors (Lipinski definition) is 0. The summed E-state index contributed by atoms with van der Waals surface area (Å²) in [6, 6.07) is 4.55. The van der Waals surface area contributed by atoms with Crippen molar-refractivity contribution in [1.82, 2.24) is 14.8 Å². The van der Waals surface area contributed by atoms with Gasteiger partial charge in [-0.05, 0) is 40.4 Å². The zero-order valence-electron chi connectivity index (χ0n) is 11.9. The molecule has 0 unspecified atom stereocenters. The van der Waals surface area contributed by atoms with Crippen molar-refractivity contribution in [3.8, 4) is 11.5 Å². The van der Waals surface area contributed by atoms with E-state index in [0.717, 1.165) is 32.4 Å². The van der Waals surface area contributed by atoms with E-state index in [2.05, 4.69) is 30.7 Å². The fraction of sp³-hybridized carbons (Fsp3) is 0.429. The molecule has 21 heavy (non-hydrogen) atoms. The molecular formula is C14H16BrN3O2S. The van der Waals surface area contributed by atoms with Gasteiger partial charge < -0.3 is 14.0 Å². The lowest BCUT2D eigenvalue weighted by Crippen LogP contribution is -1.97. The van der Waals surface area contributed by atoms with E-state index in [-0.39, 0.29) is 0 Å². The van der Waals surface area contributed by atoms with E-state index in [1.54, 1.807) is 26.0 Å². The lowest BCUT2D eigenvalue weighted by molar-refractivity contribution is 0.353. The van der Waals surface area contributed by atoms with Crippen LogP contribution in [0.4, 0.5) is 0 Å². The van der Waals surface area contributed by atoms with Gasteiger partial charge in [-0.2, -0.15) is 0 Å². The lowest BCUT2D eigenvalue weighted by Gasteiger charge is -2.13. The van der Waals surface area contributed by atoms with Crippen LogP contribution in [0.5, 0.6) is 11.5 Å². The Balaban J connectivity index is 1.77. The average Bonchev–Trinajstić information content (AvgIpc) is 3.24. The molecule has 1 aromatic heterocycles. The normalized spacial score (nSPS) is 14.2. The van der Waals surface area contributed by atoms with Gasteiger partial charge >= 0.3 is 0 Å². The Kier molecular flexibility index (Phi) is 4.40. The summed E-state index contributed by atoms with van der Waals surface area (Å²) < 4.78 is 13.8. The van der Waals surface area contributed by atoms with Gasteiger partial charge in [0, 0.05) is 11.8 Å². The van der Waals surface area contributed by atoms with Gasteiger partial charge in [0.2, 0.25) is 0 Å². The number of hydrogen-bond acceptors (Lipinski definition) is 5. The average molecular weight is 370 g/mol. The van der Waals surface area contributed by atoms with Crippen LogP contribution in [-0.2, 0) is 5.75 Å². The fourth-order valence-corrected chi connectivity index (χ4v) is 3.91. The maximum absolute atomic E-state index is 5.40. The minimum Gasteiger partial charge on any atom is -0.493 e. The molecule has 0 saturated heterocycles. The van der Waals surface area contributed by atoms with E-state index in [0.29, 0.717) is 6.04 Å². The van der Waals surface area contributed by atoms with Crippen molar-refractivity contribution in [2.24, 2.45) is 0 Å². The molecule has 2 aromatic rings. The first-order valence-corrected chi connectivity index (χ1v) is 8.44. The molecule has 0 bridgehead atoms. The van der Waals surface area contributed by atoms with E-state index >= 15 is 0 Å². The van der Waals surface area contributed by atoms with Crippen molar-refractivity contribution in [2.75, 3.05) is 14.2 Å². The molecule has 1 aliphatic carbocycles. The Morgan fingerprint density at radius 2 is 2.14 bits per heavy atom. The van der Waals surface area contributed by atoms with Crippen molar-refractivity contribution >= 4 is 27.7 Å². The molecule has 0 N–H and O–H groups in total. The Hall–Kier alpha value is -1.21. The highest BCUT2D eigenvalue weighted by atomic mass is 79.9. The molecule has 1 heterocycles. The van der Waals surface area contributed by atoms with Crippen LogP contribution in [0.25, 0.3) is 0 Å². The largest absolute Gasteiger partial charge is 0.493 e. The fourth-order valence-electron chi connectivity index (χ4n) is 2.12. The number of methoxy groups -OCH3 is 2. The van der Waals surface area contributed by atoms with Crippen LogP contribution in [0.15, 0.2) is 28.1 Å². The van der Waals surface area contributed by atoms with Gasteiger partial charge in [0.15, 0.2) is 16.7 Å². The molecule has 5 nitrogen and oxygen atoms in total. The summed E-state index contributed by atoms with van der Waals surface area (Å²) in [6.45, 7) is 0. The highest BCUT2D eigenvalue weighted by Gasteiger charge is 2.26. The van der Waals surface area contributed by atoms with E-state index < -0.39 is 0 Å². The van der Waals surface area contributed by atoms with Gasteiger partial charge in [-0.3, -0.25) is 0 Å². The first-order chi connectivity index (χ1) is 10.2. The predicted molar refractivity (Wildman–Crippen MR) is 85.1 cm³/mol. The van der Waals surface area contributed by atoms with Crippen LogP contribution < -0.4 is 9.47 Å². The molecule has 1 fully saturated rings. The zero-order valence-corrected chi connectivity index (χ0v) is 14.3. The van der Waals surface area contributed by atoms with Crippen LogP contribution in [-0.4, -0.2) is 29.0 Å². The summed E-state index contributed by atoms with van der Waals surface area (Å²) >= 11 is 5.28. The second-order valence-corrected chi connectivity index (χ2v) is 6.55. The van der Waals surface area contributed by atoms with Crippen LogP contribution in [0.1, 0.15) is 24.4 Å². The van der Waals surface area contributed by atoms with E-state index in [1.807, 2.05) is 18.5 Å². The van der Waals surface area contributed by atoms with Gasteiger partial charge in [-0.25, -0.2) is 0 Å². The quantitative estimate of drug-likeness (QED) is 0.726. The Bertz CT molecular complexity index is 643. The number of halogens is 1. The van der Waals surface area contributed by atoms with Gasteiger partial charge in [0.1, 0.15) is 6.33 Å². The van der Waals surface area contributed by atoms with Crippen LogP contribution >= 0.6 is 27.7 Å². The monoisotopic (exact) mass is 369 g/mol. The first kappa shape index (κ1) is 14.7. The van der Waals surface area contributed by atoms with Crippen LogP contribution in [0, 0.1) is 0 Å². The molecular weight excluding hydrogens is 354 g/mol. The molecule has 0 aliphatic heterocycles. The topological polar surface area (TPSA) is 49.2 Å². The number of nitrogens with zero attached hydrogens (tertiary/aromatic N) is 3. The number of ether oxygens (including phenoxy) is 2. The highest BCUT2D eigenvalue weighted by molar-refractivity contribution is 9.10. The van der Waals surface area contributed by atoms with E-state index in [9.17, 15) is 0 Å². The number of aromatic nitrogens is 3. The summed E-state index contributed by atoms with van der Waals surface area (Å²) in [4.78, 5) is 0. The standard InChI is InChI=1S/C14H16BrN3O2S/c1-19-11-6-3-9(12(15)13(11)20-2)7-21-14-17-16-8-18(14)10-4-5-10/h3,6,8,10H,4-5,7H2,1-2H3. The molecule has 112 valence electrons. The molecule has 1 aliphatic rings. The maximum atomic E-state index is 5.40. The third kappa shape index (κ3) is 3.03. The second-order valence-electron chi connectivity index (χ2n) is 4.81. The third-order valence-electron chi connectivity index (χ3n) is 3.40. The molecule has 3 rings (SSSR count). The third-order valence-corrected chi connectivity index (χ3v) is 5.28. The molecule has 0 spiro atoms. The Morgan fingerprint density at radius 3 is 2.81 bits per heavy atom. The second kappa shape index (κ2) is 6.27. The summed E-state index contributed by atoms with van der Waals surface area (Å²) in [6.07, 6.45) is 4.28. The Morgan fingerprint density at radius 1 is 1.33 bits per heavy atom. The molecule has 1 aromatic carbocycles. The van der Waals surface area contributed by atoms with E-state index in [4.69, 9.17) is 9.47 Å². The summed E-state index contributed by atoms with van der Waals surface area (Å²) in [5.74, 6) is 2.24. The summed E-state index contributed by atoms with van der Waals surface area (Å²) in [5, 5.41) is 9.19. The zero-order chi connectivity index (χ0) is 14.8. The van der Waals surface area contributed by atoms with Crippen molar-refractivity contribution in [3.63, 3.8) is 0 Å². The molecule has 1 saturated carbocycles. The predicted octanol–water partition coefficient (Wildman–Crippen LogP) is 3.69. The van der Waals surface area contributed by atoms with Crippen molar-refractivity contribution in [3.05, 3.63) is 28.5 Å². The smallest absolute Gasteiger partial charge is 0.191 e. The van der Waals surface area contributed by atoms with Crippen LogP contribution in [0.3, 0.4) is 0 Å². The summed E-state index contributed by atoms with van der Waals surface area (Å²) in [5.41, 5.74) is 1.14. The molecule has 0 atom stereocenters.